The minimum atomic E-state index is 0.743. The fourth-order valence-corrected chi connectivity index (χ4v) is 1.37. The molecule has 5 nitrogen and oxygen atoms in total. The Morgan fingerprint density at radius 3 is 2.71 bits per heavy atom. The van der Waals surface area contributed by atoms with Crippen molar-refractivity contribution in [3.63, 3.8) is 0 Å². The maximum Gasteiger partial charge on any atom is 0.147 e. The van der Waals surface area contributed by atoms with Crippen LogP contribution in [0.1, 0.15) is 11.4 Å². The summed E-state index contributed by atoms with van der Waals surface area (Å²) in [6.07, 6.45) is 1.82. The van der Waals surface area contributed by atoms with Gasteiger partial charge in [0.05, 0.1) is 24.2 Å². The maximum atomic E-state index is 4.96. The van der Waals surface area contributed by atoms with Gasteiger partial charge in [0, 0.05) is 33.8 Å². The van der Waals surface area contributed by atoms with Crippen molar-refractivity contribution in [1.29, 1.82) is 0 Å². The first kappa shape index (κ1) is 13.9. The molecule has 0 aromatic carbocycles. The van der Waals surface area contributed by atoms with Gasteiger partial charge in [0.25, 0.3) is 0 Å². The summed E-state index contributed by atoms with van der Waals surface area (Å²) in [7, 11) is 3.73. The third-order valence-electron chi connectivity index (χ3n) is 2.68. The van der Waals surface area contributed by atoms with Crippen molar-refractivity contribution >= 4 is 5.82 Å². The summed E-state index contributed by atoms with van der Waals surface area (Å²) in [4.78, 5) is 10.9. The first-order chi connectivity index (χ1) is 8.15. The van der Waals surface area contributed by atoms with E-state index in [1.807, 2.05) is 27.1 Å². The minimum Gasteiger partial charge on any atom is -0.383 e. The number of nitrogens with zero attached hydrogens (tertiary/aromatic N) is 3. The van der Waals surface area contributed by atoms with Crippen molar-refractivity contribution < 1.29 is 4.74 Å². The molecule has 1 aromatic heterocycles. The van der Waals surface area contributed by atoms with E-state index in [0.717, 1.165) is 43.4 Å². The van der Waals surface area contributed by atoms with Gasteiger partial charge in [-0.1, -0.05) is 0 Å². The SMILES string of the molecule is COCCNCCN(C)c1cnc(C)c(C)n1. The fraction of sp³-hybridized carbons (Fsp3) is 0.667. The smallest absolute Gasteiger partial charge is 0.147 e. The molecule has 0 fully saturated rings. The van der Waals surface area contributed by atoms with Crippen LogP contribution >= 0.6 is 0 Å². The van der Waals surface area contributed by atoms with Gasteiger partial charge in [-0.15, -0.1) is 0 Å². The second kappa shape index (κ2) is 7.19. The third kappa shape index (κ3) is 4.66. The summed E-state index contributed by atoms with van der Waals surface area (Å²) in [6.45, 7) is 7.39. The Morgan fingerprint density at radius 1 is 1.29 bits per heavy atom. The summed E-state index contributed by atoms with van der Waals surface area (Å²) in [6, 6.07) is 0. The van der Waals surface area contributed by atoms with E-state index < -0.39 is 0 Å². The molecule has 1 N–H and O–H groups in total. The van der Waals surface area contributed by atoms with E-state index in [1.54, 1.807) is 7.11 Å². The molecule has 1 heterocycles. The Morgan fingerprint density at radius 2 is 2.06 bits per heavy atom. The van der Waals surface area contributed by atoms with Gasteiger partial charge in [-0.05, 0) is 13.8 Å². The van der Waals surface area contributed by atoms with E-state index in [0.29, 0.717) is 0 Å². The van der Waals surface area contributed by atoms with Crippen molar-refractivity contribution in [3.8, 4) is 0 Å². The molecule has 0 saturated carbocycles. The number of nitrogens with one attached hydrogen (secondary N) is 1. The molecule has 1 aromatic rings. The molecule has 0 amide bonds. The average molecular weight is 238 g/mol. The first-order valence-corrected chi connectivity index (χ1v) is 5.86. The van der Waals surface area contributed by atoms with Crippen molar-refractivity contribution in [2.24, 2.45) is 0 Å². The number of rotatable bonds is 7. The molecule has 0 aliphatic carbocycles. The third-order valence-corrected chi connectivity index (χ3v) is 2.68. The molecule has 0 bridgehead atoms. The molecule has 1 rings (SSSR count). The number of methoxy groups -OCH3 is 1. The van der Waals surface area contributed by atoms with Crippen LogP contribution in [0.4, 0.5) is 5.82 Å². The van der Waals surface area contributed by atoms with Gasteiger partial charge >= 0.3 is 0 Å². The summed E-state index contributed by atoms with van der Waals surface area (Å²) in [5.74, 6) is 0.918. The number of anilines is 1. The molecule has 96 valence electrons. The summed E-state index contributed by atoms with van der Waals surface area (Å²) in [5.41, 5.74) is 1.97. The normalized spacial score (nSPS) is 10.6. The molecule has 0 atom stereocenters. The number of ether oxygens (including phenoxy) is 1. The van der Waals surface area contributed by atoms with Gasteiger partial charge in [0.2, 0.25) is 0 Å². The van der Waals surface area contributed by atoms with Crippen LogP contribution in [0.3, 0.4) is 0 Å². The Bertz CT molecular complexity index is 343. The van der Waals surface area contributed by atoms with E-state index in [-0.39, 0.29) is 0 Å². The summed E-state index contributed by atoms with van der Waals surface area (Å²) < 4.78 is 4.96. The van der Waals surface area contributed by atoms with Crippen molar-refractivity contribution in [2.45, 2.75) is 13.8 Å². The molecular formula is C12H22N4O. The highest BCUT2D eigenvalue weighted by Crippen LogP contribution is 2.09. The number of aryl methyl sites for hydroxylation is 2. The summed E-state index contributed by atoms with van der Waals surface area (Å²) in [5, 5.41) is 3.30. The van der Waals surface area contributed by atoms with Gasteiger partial charge in [-0.2, -0.15) is 0 Å². The van der Waals surface area contributed by atoms with E-state index >= 15 is 0 Å². The monoisotopic (exact) mass is 238 g/mol. The molecule has 17 heavy (non-hydrogen) atoms. The highest BCUT2D eigenvalue weighted by atomic mass is 16.5. The predicted octanol–water partition coefficient (Wildman–Crippen LogP) is 0.766. The van der Waals surface area contributed by atoms with Crippen LogP contribution in [-0.4, -0.2) is 50.4 Å². The Labute approximate surface area is 103 Å². The van der Waals surface area contributed by atoms with Gasteiger partial charge in [-0.25, -0.2) is 4.98 Å². The first-order valence-electron chi connectivity index (χ1n) is 5.86. The quantitative estimate of drug-likeness (QED) is 0.711. The van der Waals surface area contributed by atoms with E-state index in [2.05, 4.69) is 20.2 Å². The standard InChI is InChI=1S/C12H22N4O/c1-10-11(2)15-12(9-14-10)16(3)7-5-13-6-8-17-4/h9,13H,5-8H2,1-4H3. The highest BCUT2D eigenvalue weighted by Gasteiger charge is 2.04. The molecule has 5 heteroatoms. The van der Waals surface area contributed by atoms with Crippen LogP contribution in [0, 0.1) is 13.8 Å². The lowest BCUT2D eigenvalue weighted by Gasteiger charge is -2.18. The lowest BCUT2D eigenvalue weighted by Crippen LogP contribution is -2.31. The molecular weight excluding hydrogens is 216 g/mol. The van der Waals surface area contributed by atoms with Crippen LogP contribution < -0.4 is 10.2 Å². The van der Waals surface area contributed by atoms with Gasteiger partial charge < -0.3 is 15.0 Å². The van der Waals surface area contributed by atoms with Crippen molar-refractivity contribution in [2.75, 3.05) is 45.3 Å². The zero-order valence-electron chi connectivity index (χ0n) is 11.2. The minimum absolute atomic E-state index is 0.743. The van der Waals surface area contributed by atoms with Crippen LogP contribution in [-0.2, 0) is 4.74 Å². The summed E-state index contributed by atoms with van der Waals surface area (Å²) >= 11 is 0. The van der Waals surface area contributed by atoms with Crippen LogP contribution in [0.2, 0.25) is 0 Å². The molecule has 0 aliphatic rings. The second-order valence-corrected chi connectivity index (χ2v) is 4.06. The van der Waals surface area contributed by atoms with Crippen molar-refractivity contribution in [1.82, 2.24) is 15.3 Å². The Kier molecular flexibility index (Phi) is 5.86. The Balaban J connectivity index is 2.36. The lowest BCUT2D eigenvalue weighted by atomic mass is 10.3. The van der Waals surface area contributed by atoms with E-state index in [4.69, 9.17) is 4.74 Å². The average Bonchev–Trinajstić information content (AvgIpc) is 2.32. The second-order valence-electron chi connectivity index (χ2n) is 4.06. The topological polar surface area (TPSA) is 50.3 Å². The number of aromatic nitrogens is 2. The molecule has 0 unspecified atom stereocenters. The van der Waals surface area contributed by atoms with E-state index in [9.17, 15) is 0 Å². The molecule has 0 saturated heterocycles. The number of likely N-dealkylation sites (N-methyl/N-ethyl adjacent to an activating group) is 1. The zero-order valence-corrected chi connectivity index (χ0v) is 11.2. The van der Waals surface area contributed by atoms with Crippen molar-refractivity contribution in [3.05, 3.63) is 17.6 Å². The largest absolute Gasteiger partial charge is 0.383 e. The van der Waals surface area contributed by atoms with Gasteiger partial charge in [-0.3, -0.25) is 4.98 Å². The lowest BCUT2D eigenvalue weighted by molar-refractivity contribution is 0.200. The van der Waals surface area contributed by atoms with Crippen LogP contribution in [0.25, 0.3) is 0 Å². The van der Waals surface area contributed by atoms with Gasteiger partial charge in [0.15, 0.2) is 0 Å². The maximum absolute atomic E-state index is 4.96. The molecule has 0 radical (unpaired) electrons. The Hall–Kier alpha value is -1.20. The van der Waals surface area contributed by atoms with Crippen LogP contribution in [0.5, 0.6) is 0 Å². The zero-order chi connectivity index (χ0) is 12.7. The van der Waals surface area contributed by atoms with E-state index in [1.165, 1.54) is 0 Å². The predicted molar refractivity (Wildman–Crippen MR) is 69.5 cm³/mol. The van der Waals surface area contributed by atoms with Gasteiger partial charge in [0.1, 0.15) is 5.82 Å². The van der Waals surface area contributed by atoms with Crippen LogP contribution in [0.15, 0.2) is 6.20 Å². The molecule has 0 spiro atoms. The number of hydrogen-bond donors (Lipinski definition) is 1. The fourth-order valence-electron chi connectivity index (χ4n) is 1.37. The number of hydrogen-bond acceptors (Lipinski definition) is 5. The highest BCUT2D eigenvalue weighted by molar-refractivity contribution is 5.36. The molecule has 0 aliphatic heterocycles.